The smallest absolute Gasteiger partial charge is 0.265 e. The van der Waals surface area contributed by atoms with Crippen LogP contribution >= 0.6 is 0 Å². The summed E-state index contributed by atoms with van der Waals surface area (Å²) in [4.78, 5) is 21.0. The van der Waals surface area contributed by atoms with E-state index < -0.39 is 0 Å². The van der Waals surface area contributed by atoms with E-state index in [1.807, 2.05) is 6.07 Å². The molecule has 2 atom stereocenters. The summed E-state index contributed by atoms with van der Waals surface area (Å²) >= 11 is 0. The predicted molar refractivity (Wildman–Crippen MR) is 70.5 cm³/mol. The molecule has 3 N–H and O–H groups in total. The monoisotopic (exact) mass is 254 g/mol. The van der Waals surface area contributed by atoms with Crippen molar-refractivity contribution in [2.24, 2.45) is 5.84 Å². The number of benzene rings is 1. The molecule has 0 saturated heterocycles. The van der Waals surface area contributed by atoms with E-state index in [2.05, 4.69) is 5.43 Å². The maximum atomic E-state index is 11.5. The van der Waals surface area contributed by atoms with Gasteiger partial charge in [-0.3, -0.25) is 10.2 Å². The second kappa shape index (κ2) is 3.74. The van der Waals surface area contributed by atoms with E-state index in [1.54, 1.807) is 12.1 Å². The molecule has 2 aliphatic rings. The summed E-state index contributed by atoms with van der Waals surface area (Å²) in [5, 5.41) is 0. The van der Waals surface area contributed by atoms with E-state index in [0.717, 1.165) is 16.7 Å². The van der Waals surface area contributed by atoms with Crippen molar-refractivity contribution in [3.05, 3.63) is 35.2 Å². The Morgan fingerprint density at radius 3 is 2.53 bits per heavy atom. The van der Waals surface area contributed by atoms with Crippen LogP contribution in [0, 0.1) is 0 Å². The number of carbonyl (C=O) groups is 1. The molecule has 0 spiro atoms. The maximum absolute atomic E-state index is 11.5. The first-order valence-corrected chi connectivity index (χ1v) is 6.59. The van der Waals surface area contributed by atoms with Crippen molar-refractivity contribution in [1.29, 1.82) is 0 Å². The highest BCUT2D eigenvalue weighted by atomic mass is 16.2. The van der Waals surface area contributed by atoms with E-state index in [9.17, 15) is 4.79 Å². The number of carbonyl (C=O) groups excluding carboxylic acids is 1. The Labute approximate surface area is 110 Å². The molecule has 96 valence electrons. The quantitative estimate of drug-likeness (QED) is 0.460. The van der Waals surface area contributed by atoms with Crippen LogP contribution in [0.15, 0.2) is 18.2 Å². The maximum Gasteiger partial charge on any atom is 0.265 e. The van der Waals surface area contributed by atoms with Crippen molar-refractivity contribution in [3.63, 3.8) is 0 Å². The fourth-order valence-electron chi connectivity index (χ4n) is 3.39. The van der Waals surface area contributed by atoms with Gasteiger partial charge in [0.1, 0.15) is 0 Å². The Bertz CT molecular complexity index is 697. The molecule has 1 heterocycles. The van der Waals surface area contributed by atoms with Crippen molar-refractivity contribution < 1.29 is 4.79 Å². The first-order valence-electron chi connectivity index (χ1n) is 6.59. The average Bonchev–Trinajstić information content (AvgIpc) is 3.05. The normalized spacial score (nSPS) is 23.6. The number of amides is 1. The third-order valence-electron chi connectivity index (χ3n) is 4.32. The molecule has 1 aromatic carbocycles. The molecule has 1 aromatic heterocycles. The number of hydrazine groups is 1. The molecule has 0 unspecified atom stereocenters. The van der Waals surface area contributed by atoms with E-state index in [-0.39, 0.29) is 5.91 Å². The van der Waals surface area contributed by atoms with E-state index in [1.165, 1.54) is 25.0 Å². The van der Waals surface area contributed by atoms with Crippen molar-refractivity contribution >= 4 is 16.9 Å². The van der Waals surface area contributed by atoms with Gasteiger partial charge in [0.05, 0.1) is 22.4 Å². The highest BCUT2D eigenvalue weighted by Gasteiger charge is 2.39. The Morgan fingerprint density at radius 1 is 1.16 bits per heavy atom. The minimum atomic E-state index is -0.300. The molecule has 5 nitrogen and oxygen atoms in total. The zero-order valence-corrected chi connectivity index (χ0v) is 10.4. The van der Waals surface area contributed by atoms with Crippen LogP contribution in [-0.4, -0.2) is 15.9 Å². The fraction of sp³-hybridized carbons (Fsp3) is 0.357. The molecule has 2 aromatic rings. The zero-order chi connectivity index (χ0) is 13.0. The molecule has 0 aliphatic heterocycles. The lowest BCUT2D eigenvalue weighted by Crippen LogP contribution is -2.29. The Hall–Kier alpha value is -2.01. The predicted octanol–water partition coefficient (Wildman–Crippen LogP) is 1.60. The first kappa shape index (κ1) is 10.9. The van der Waals surface area contributed by atoms with Crippen LogP contribution in [0.4, 0.5) is 0 Å². The number of aromatic nitrogens is 2. The van der Waals surface area contributed by atoms with Gasteiger partial charge in [-0.1, -0.05) is 0 Å². The molecule has 19 heavy (non-hydrogen) atoms. The van der Waals surface area contributed by atoms with Crippen LogP contribution < -0.4 is 11.3 Å². The molecule has 2 bridgehead atoms. The number of nitrogens with zero attached hydrogens (tertiary/aromatic N) is 2. The molecule has 1 saturated carbocycles. The Morgan fingerprint density at radius 2 is 1.84 bits per heavy atom. The minimum absolute atomic E-state index is 0.300. The highest BCUT2D eigenvalue weighted by Crippen LogP contribution is 2.51. The third-order valence-corrected chi connectivity index (χ3v) is 4.32. The highest BCUT2D eigenvalue weighted by molar-refractivity contribution is 5.96. The van der Waals surface area contributed by atoms with Crippen LogP contribution in [0.3, 0.4) is 0 Å². The number of nitrogens with one attached hydrogen (secondary N) is 1. The van der Waals surface area contributed by atoms with Gasteiger partial charge >= 0.3 is 0 Å². The number of hydrogen-bond acceptors (Lipinski definition) is 4. The Kier molecular flexibility index (Phi) is 2.14. The van der Waals surface area contributed by atoms with Gasteiger partial charge in [0, 0.05) is 17.4 Å². The molecular formula is C14H14N4O. The van der Waals surface area contributed by atoms with Gasteiger partial charge in [-0.2, -0.15) is 0 Å². The molecule has 1 amide bonds. The summed E-state index contributed by atoms with van der Waals surface area (Å²) in [6.45, 7) is 0. The van der Waals surface area contributed by atoms with E-state index >= 15 is 0 Å². The van der Waals surface area contributed by atoms with Gasteiger partial charge in [0.15, 0.2) is 0 Å². The molecule has 1 fully saturated rings. The van der Waals surface area contributed by atoms with Gasteiger partial charge < -0.3 is 0 Å². The lowest BCUT2D eigenvalue weighted by atomic mass is 10.00. The van der Waals surface area contributed by atoms with Crippen LogP contribution in [0.1, 0.15) is 52.8 Å². The largest absolute Gasteiger partial charge is 0.290 e. The summed E-state index contributed by atoms with van der Waals surface area (Å²) in [6.07, 6.45) is 3.66. The number of fused-ring (bicyclic) bond motifs is 6. The Balaban J connectivity index is 1.89. The van der Waals surface area contributed by atoms with Crippen molar-refractivity contribution in [3.8, 4) is 0 Å². The summed E-state index contributed by atoms with van der Waals surface area (Å²) in [7, 11) is 0. The second-order valence-corrected chi connectivity index (χ2v) is 5.38. The lowest BCUT2D eigenvalue weighted by Gasteiger charge is -2.14. The first-order chi connectivity index (χ1) is 9.26. The molecule has 2 aliphatic carbocycles. The SMILES string of the molecule is NNC(=O)c1ccc2nc3c(nc2c1)[C@H]1CC[C@@H]3C1. The summed E-state index contributed by atoms with van der Waals surface area (Å²) in [6, 6.07) is 5.34. The van der Waals surface area contributed by atoms with Gasteiger partial charge in [0.2, 0.25) is 0 Å². The summed E-state index contributed by atoms with van der Waals surface area (Å²) < 4.78 is 0. The molecule has 0 radical (unpaired) electrons. The standard InChI is InChI=1S/C14H14N4O/c15-18-14(19)9-3-4-10-11(6-9)17-13-8-2-1-7(5-8)12(13)16-10/h3-4,6-8H,1-2,5,15H2,(H,18,19)/t7-,8+/m1/s1. The average molecular weight is 254 g/mol. The van der Waals surface area contributed by atoms with Crippen LogP contribution in [0.5, 0.6) is 0 Å². The fourth-order valence-corrected chi connectivity index (χ4v) is 3.39. The molecule has 5 heteroatoms. The van der Waals surface area contributed by atoms with Gasteiger partial charge in [-0.25, -0.2) is 15.8 Å². The number of hydrogen-bond donors (Lipinski definition) is 2. The van der Waals surface area contributed by atoms with Crippen LogP contribution in [0.2, 0.25) is 0 Å². The molecule has 4 rings (SSSR count). The van der Waals surface area contributed by atoms with Gasteiger partial charge in [0.25, 0.3) is 5.91 Å². The van der Waals surface area contributed by atoms with Crippen molar-refractivity contribution in [2.75, 3.05) is 0 Å². The van der Waals surface area contributed by atoms with E-state index in [4.69, 9.17) is 15.8 Å². The van der Waals surface area contributed by atoms with Crippen LogP contribution in [-0.2, 0) is 0 Å². The topological polar surface area (TPSA) is 80.9 Å². The second-order valence-electron chi connectivity index (χ2n) is 5.38. The summed E-state index contributed by atoms with van der Waals surface area (Å²) in [5.41, 5.74) is 6.63. The van der Waals surface area contributed by atoms with Gasteiger partial charge in [-0.05, 0) is 37.5 Å². The van der Waals surface area contributed by atoms with E-state index in [0.29, 0.717) is 17.4 Å². The molecular weight excluding hydrogens is 240 g/mol. The summed E-state index contributed by atoms with van der Waals surface area (Å²) in [5.74, 6) is 6.03. The zero-order valence-electron chi connectivity index (χ0n) is 10.4. The van der Waals surface area contributed by atoms with Crippen molar-refractivity contribution in [1.82, 2.24) is 15.4 Å². The van der Waals surface area contributed by atoms with Crippen LogP contribution in [0.25, 0.3) is 11.0 Å². The lowest BCUT2D eigenvalue weighted by molar-refractivity contribution is 0.0954. The number of nitrogen functional groups attached to an aromatic ring is 1. The number of rotatable bonds is 1. The third kappa shape index (κ3) is 1.48. The minimum Gasteiger partial charge on any atom is -0.290 e. The number of nitrogens with two attached hydrogens (primary N) is 1. The van der Waals surface area contributed by atoms with Crippen molar-refractivity contribution in [2.45, 2.75) is 31.1 Å². The van der Waals surface area contributed by atoms with Gasteiger partial charge in [-0.15, -0.1) is 0 Å².